The highest BCUT2D eigenvalue weighted by Crippen LogP contribution is 2.27. The second-order valence-electron chi connectivity index (χ2n) is 4.22. The normalized spacial score (nSPS) is 9.95. The Morgan fingerprint density at radius 2 is 2.05 bits per heavy atom. The quantitative estimate of drug-likeness (QED) is 0.510. The van der Waals surface area contributed by atoms with E-state index in [0.29, 0.717) is 11.4 Å². The van der Waals surface area contributed by atoms with Gasteiger partial charge in [-0.15, -0.1) is 0 Å². The van der Waals surface area contributed by atoms with Gasteiger partial charge in [-0.1, -0.05) is 6.07 Å². The summed E-state index contributed by atoms with van der Waals surface area (Å²) in [6, 6.07) is 10.6. The topological polar surface area (TPSA) is 107 Å². The lowest BCUT2D eigenvalue weighted by atomic mass is 10.1. The van der Waals surface area contributed by atoms with E-state index >= 15 is 0 Å². The molecule has 0 aliphatic carbocycles. The minimum Gasteiger partial charge on any atom is -0.490 e. The highest BCUT2D eigenvalue weighted by molar-refractivity contribution is 6.04. The van der Waals surface area contributed by atoms with Crippen molar-refractivity contribution in [3.8, 4) is 5.75 Å². The van der Waals surface area contributed by atoms with Crippen LogP contribution in [-0.2, 0) is 0 Å². The summed E-state index contributed by atoms with van der Waals surface area (Å²) in [4.78, 5) is 22.3. The molecule has 7 nitrogen and oxygen atoms in total. The number of rotatable bonds is 4. The lowest BCUT2D eigenvalue weighted by Gasteiger charge is -2.07. The molecule has 1 amide bonds. The molecule has 7 heteroatoms. The maximum Gasteiger partial charge on any atom is 0.310 e. The van der Waals surface area contributed by atoms with Gasteiger partial charge in [0.2, 0.25) is 0 Å². The van der Waals surface area contributed by atoms with Crippen molar-refractivity contribution in [3.63, 3.8) is 0 Å². The zero-order valence-corrected chi connectivity index (χ0v) is 11.2. The summed E-state index contributed by atoms with van der Waals surface area (Å²) >= 11 is 0. The summed E-state index contributed by atoms with van der Waals surface area (Å²) < 4.78 is 4.93. The van der Waals surface area contributed by atoms with Crippen LogP contribution in [0.3, 0.4) is 0 Å². The minimum absolute atomic E-state index is 0.0280. The molecule has 0 fully saturated rings. The average molecular weight is 287 g/mol. The number of ether oxygens (including phenoxy) is 1. The Kier molecular flexibility index (Phi) is 4.03. The van der Waals surface area contributed by atoms with Gasteiger partial charge in [0.05, 0.1) is 12.0 Å². The lowest BCUT2D eigenvalue weighted by molar-refractivity contribution is -0.385. The molecule has 0 spiro atoms. The number of hydrogen-bond donors (Lipinski definition) is 2. The Morgan fingerprint density at radius 1 is 1.29 bits per heavy atom. The van der Waals surface area contributed by atoms with Crippen molar-refractivity contribution in [1.29, 1.82) is 0 Å². The van der Waals surface area contributed by atoms with Crippen molar-refractivity contribution in [2.45, 2.75) is 0 Å². The first-order valence-corrected chi connectivity index (χ1v) is 6.00. The van der Waals surface area contributed by atoms with Crippen LogP contribution in [0.1, 0.15) is 10.4 Å². The van der Waals surface area contributed by atoms with Gasteiger partial charge < -0.3 is 15.8 Å². The van der Waals surface area contributed by atoms with E-state index in [2.05, 4.69) is 5.32 Å². The molecule has 2 aromatic rings. The number of nitrogens with zero attached hydrogens (tertiary/aromatic N) is 1. The zero-order valence-electron chi connectivity index (χ0n) is 11.2. The van der Waals surface area contributed by atoms with E-state index in [1.54, 1.807) is 24.3 Å². The van der Waals surface area contributed by atoms with E-state index in [1.807, 2.05) is 0 Å². The van der Waals surface area contributed by atoms with Crippen LogP contribution < -0.4 is 15.8 Å². The molecule has 2 aromatic carbocycles. The molecule has 0 aromatic heterocycles. The Hall–Kier alpha value is -3.09. The molecule has 0 aliphatic rings. The maximum absolute atomic E-state index is 12.1. The van der Waals surface area contributed by atoms with Crippen molar-refractivity contribution in [2.75, 3.05) is 18.2 Å². The van der Waals surface area contributed by atoms with Gasteiger partial charge in [0, 0.05) is 29.1 Å². The van der Waals surface area contributed by atoms with Crippen LogP contribution >= 0.6 is 0 Å². The fourth-order valence-corrected chi connectivity index (χ4v) is 1.79. The molecule has 0 bridgehead atoms. The Bertz CT molecular complexity index is 700. The summed E-state index contributed by atoms with van der Waals surface area (Å²) in [6.07, 6.45) is 0. The monoisotopic (exact) mass is 287 g/mol. The lowest BCUT2D eigenvalue weighted by Crippen LogP contribution is -2.12. The van der Waals surface area contributed by atoms with Crippen LogP contribution in [-0.4, -0.2) is 17.9 Å². The van der Waals surface area contributed by atoms with Crippen LogP contribution in [0, 0.1) is 10.1 Å². The number of carbonyl (C=O) groups excluding carboxylic acids is 1. The van der Waals surface area contributed by atoms with Gasteiger partial charge in [-0.25, -0.2) is 0 Å². The number of carbonyl (C=O) groups is 1. The van der Waals surface area contributed by atoms with Crippen molar-refractivity contribution in [2.24, 2.45) is 0 Å². The summed E-state index contributed by atoms with van der Waals surface area (Å²) in [5.74, 6) is -0.381. The molecule has 0 saturated heterocycles. The van der Waals surface area contributed by atoms with Crippen molar-refractivity contribution in [1.82, 2.24) is 0 Å². The van der Waals surface area contributed by atoms with E-state index in [9.17, 15) is 14.9 Å². The molecule has 3 N–H and O–H groups in total. The highest BCUT2D eigenvalue weighted by atomic mass is 16.6. The third kappa shape index (κ3) is 3.27. The number of nitro benzene ring substituents is 1. The predicted molar refractivity (Wildman–Crippen MR) is 78.5 cm³/mol. The molecule has 0 aliphatic heterocycles. The molecule has 0 atom stereocenters. The number of nitrogens with two attached hydrogens (primary N) is 1. The minimum atomic E-state index is -0.571. The fourth-order valence-electron chi connectivity index (χ4n) is 1.79. The second kappa shape index (κ2) is 5.91. The van der Waals surface area contributed by atoms with Gasteiger partial charge in [0.1, 0.15) is 0 Å². The average Bonchev–Trinajstić information content (AvgIpc) is 2.46. The van der Waals surface area contributed by atoms with Crippen LogP contribution in [0.15, 0.2) is 42.5 Å². The van der Waals surface area contributed by atoms with E-state index < -0.39 is 10.8 Å². The molecule has 0 unspecified atom stereocenters. The summed E-state index contributed by atoms with van der Waals surface area (Å²) in [5, 5.41) is 13.5. The third-order valence-corrected chi connectivity index (χ3v) is 2.78. The molecular formula is C14H13N3O4. The second-order valence-corrected chi connectivity index (χ2v) is 4.22. The number of nitrogen functional groups attached to an aromatic ring is 1. The maximum atomic E-state index is 12.1. The van der Waals surface area contributed by atoms with E-state index in [1.165, 1.54) is 25.3 Å². The van der Waals surface area contributed by atoms with Crippen LogP contribution in [0.5, 0.6) is 5.75 Å². The molecule has 0 radical (unpaired) electrons. The number of benzene rings is 2. The summed E-state index contributed by atoms with van der Waals surface area (Å²) in [6.45, 7) is 0. The number of amides is 1. The molecule has 2 rings (SSSR count). The first kappa shape index (κ1) is 14.3. The SMILES string of the molecule is COc1cc(C(=O)Nc2cccc(N)c2)ccc1[N+](=O)[O-]. The first-order chi connectivity index (χ1) is 10.0. The van der Waals surface area contributed by atoms with Crippen LogP contribution in [0.2, 0.25) is 0 Å². The van der Waals surface area contributed by atoms with Crippen LogP contribution in [0.4, 0.5) is 17.1 Å². The van der Waals surface area contributed by atoms with Gasteiger partial charge >= 0.3 is 5.69 Å². The van der Waals surface area contributed by atoms with Gasteiger partial charge in [-0.3, -0.25) is 14.9 Å². The van der Waals surface area contributed by atoms with Crippen molar-refractivity contribution >= 4 is 23.0 Å². The molecular weight excluding hydrogens is 274 g/mol. The number of hydrogen-bond acceptors (Lipinski definition) is 5. The standard InChI is InChI=1S/C14H13N3O4/c1-21-13-7-9(5-6-12(13)17(19)20)14(18)16-11-4-2-3-10(15)8-11/h2-8H,15H2,1H3,(H,16,18). The Morgan fingerprint density at radius 3 is 2.67 bits per heavy atom. The zero-order chi connectivity index (χ0) is 15.4. The van der Waals surface area contributed by atoms with Crippen molar-refractivity contribution in [3.05, 3.63) is 58.1 Å². The van der Waals surface area contributed by atoms with Gasteiger partial charge in [0.25, 0.3) is 5.91 Å². The van der Waals surface area contributed by atoms with Gasteiger partial charge in [0.15, 0.2) is 5.75 Å². The van der Waals surface area contributed by atoms with E-state index in [4.69, 9.17) is 10.5 Å². The van der Waals surface area contributed by atoms with Gasteiger partial charge in [-0.2, -0.15) is 0 Å². The predicted octanol–water partition coefficient (Wildman–Crippen LogP) is 2.44. The number of nitrogens with one attached hydrogen (secondary N) is 1. The molecule has 0 heterocycles. The Balaban J connectivity index is 2.25. The molecule has 108 valence electrons. The van der Waals surface area contributed by atoms with E-state index in [-0.39, 0.29) is 17.0 Å². The third-order valence-electron chi connectivity index (χ3n) is 2.78. The number of anilines is 2. The van der Waals surface area contributed by atoms with E-state index in [0.717, 1.165) is 0 Å². The largest absolute Gasteiger partial charge is 0.490 e. The Labute approximate surface area is 120 Å². The number of methoxy groups -OCH3 is 1. The fraction of sp³-hybridized carbons (Fsp3) is 0.0714. The first-order valence-electron chi connectivity index (χ1n) is 6.00. The molecule has 0 saturated carbocycles. The van der Waals surface area contributed by atoms with Crippen molar-refractivity contribution < 1.29 is 14.5 Å². The van der Waals surface area contributed by atoms with Crippen LogP contribution in [0.25, 0.3) is 0 Å². The smallest absolute Gasteiger partial charge is 0.310 e. The van der Waals surface area contributed by atoms with Gasteiger partial charge in [-0.05, 0) is 24.3 Å². The molecule has 21 heavy (non-hydrogen) atoms. The highest BCUT2D eigenvalue weighted by Gasteiger charge is 2.17. The summed E-state index contributed by atoms with van der Waals surface area (Å²) in [7, 11) is 1.31. The summed E-state index contributed by atoms with van der Waals surface area (Å²) in [5.41, 5.74) is 6.74. The number of nitro groups is 1.